The molecular weight excluding hydrogens is 366 g/mol. The van der Waals surface area contributed by atoms with Crippen LogP contribution in [0.15, 0.2) is 42.6 Å². The molecule has 7 heteroatoms. The number of hydrogen-bond acceptors (Lipinski definition) is 6. The predicted molar refractivity (Wildman–Crippen MR) is 110 cm³/mol. The van der Waals surface area contributed by atoms with E-state index in [-0.39, 0.29) is 24.8 Å². The van der Waals surface area contributed by atoms with E-state index in [1.165, 1.54) is 11.1 Å². The van der Waals surface area contributed by atoms with Gasteiger partial charge in [0.2, 0.25) is 0 Å². The van der Waals surface area contributed by atoms with Crippen molar-refractivity contribution in [2.45, 2.75) is 43.9 Å². The molecule has 152 valence electrons. The van der Waals surface area contributed by atoms with Crippen molar-refractivity contribution in [2.24, 2.45) is 5.73 Å². The Morgan fingerprint density at radius 3 is 2.79 bits per heavy atom. The molecule has 7 nitrogen and oxygen atoms in total. The van der Waals surface area contributed by atoms with E-state index in [0.717, 1.165) is 49.4 Å². The molecule has 0 saturated carbocycles. The van der Waals surface area contributed by atoms with Crippen molar-refractivity contribution in [1.29, 1.82) is 0 Å². The summed E-state index contributed by atoms with van der Waals surface area (Å²) in [6, 6.07) is 12.5. The lowest BCUT2D eigenvalue weighted by molar-refractivity contribution is 0.174. The van der Waals surface area contributed by atoms with Crippen LogP contribution in [0.25, 0.3) is 5.65 Å². The number of aromatic nitrogens is 3. The van der Waals surface area contributed by atoms with Crippen LogP contribution in [0.1, 0.15) is 60.8 Å². The number of ether oxygens (including phenoxy) is 1. The van der Waals surface area contributed by atoms with E-state index in [4.69, 9.17) is 10.5 Å². The van der Waals surface area contributed by atoms with Gasteiger partial charge in [-0.05, 0) is 55.5 Å². The number of β-amino-alcohol motifs (C(OH)–C–C–N with tert-alkyl or cyclic N) is 1. The molecule has 5 rings (SSSR count). The minimum absolute atomic E-state index is 0.000693. The summed E-state index contributed by atoms with van der Waals surface area (Å²) in [5, 5.41) is 18.2. The molecule has 1 aliphatic heterocycles. The van der Waals surface area contributed by atoms with Crippen molar-refractivity contribution < 1.29 is 9.84 Å². The first kappa shape index (κ1) is 18.5. The van der Waals surface area contributed by atoms with Gasteiger partial charge in [-0.25, -0.2) is 0 Å². The van der Waals surface area contributed by atoms with E-state index in [0.29, 0.717) is 6.54 Å². The standard InChI is InChI=1S/C22H27N5O2/c23-18-8-9-20(17-5-2-1-4-16(17)18)29-15-7-10-21-24-25-22(27(21)14-15)19-6-3-11-26(19)12-13-28/h1-2,4-5,7,10,14,18-20,28H,3,6,8-9,11-13,23H2/t18-,19-,20+/m0/s1. The molecule has 1 saturated heterocycles. The Morgan fingerprint density at radius 1 is 1.07 bits per heavy atom. The van der Waals surface area contributed by atoms with Crippen LogP contribution in [-0.4, -0.2) is 44.3 Å². The maximum atomic E-state index is 9.37. The minimum Gasteiger partial charge on any atom is -0.484 e. The van der Waals surface area contributed by atoms with Crippen molar-refractivity contribution in [3.63, 3.8) is 0 Å². The molecule has 0 bridgehead atoms. The van der Waals surface area contributed by atoms with Crippen LogP contribution < -0.4 is 10.5 Å². The summed E-state index contributed by atoms with van der Waals surface area (Å²) in [5.74, 6) is 1.72. The van der Waals surface area contributed by atoms with Crippen LogP contribution in [0, 0.1) is 0 Å². The Hall–Kier alpha value is -2.48. The predicted octanol–water partition coefficient (Wildman–Crippen LogP) is 2.77. The second kappa shape index (κ2) is 7.74. The molecule has 29 heavy (non-hydrogen) atoms. The maximum Gasteiger partial charge on any atom is 0.161 e. The normalized spacial score (nSPS) is 24.7. The number of nitrogens with zero attached hydrogens (tertiary/aromatic N) is 4. The quantitative estimate of drug-likeness (QED) is 0.693. The Kier molecular flexibility index (Phi) is 4.95. The summed E-state index contributed by atoms with van der Waals surface area (Å²) in [5.41, 5.74) is 9.47. The third kappa shape index (κ3) is 3.39. The summed E-state index contributed by atoms with van der Waals surface area (Å²) in [6.07, 6.45) is 5.95. The molecule has 3 aromatic rings. The second-order valence-electron chi connectivity index (χ2n) is 7.99. The maximum absolute atomic E-state index is 9.37. The Bertz CT molecular complexity index is 1000. The molecule has 0 unspecified atom stereocenters. The molecule has 2 aromatic heterocycles. The van der Waals surface area contributed by atoms with E-state index in [9.17, 15) is 5.11 Å². The number of pyridine rings is 1. The lowest BCUT2D eigenvalue weighted by Gasteiger charge is -2.30. The van der Waals surface area contributed by atoms with Gasteiger partial charge in [0.15, 0.2) is 11.5 Å². The van der Waals surface area contributed by atoms with E-state index >= 15 is 0 Å². The van der Waals surface area contributed by atoms with E-state index in [1.807, 2.05) is 34.9 Å². The lowest BCUT2D eigenvalue weighted by Crippen LogP contribution is -2.27. The van der Waals surface area contributed by atoms with Gasteiger partial charge in [-0.1, -0.05) is 24.3 Å². The fourth-order valence-electron chi connectivity index (χ4n) is 4.77. The zero-order valence-corrected chi connectivity index (χ0v) is 16.4. The largest absolute Gasteiger partial charge is 0.484 e. The topological polar surface area (TPSA) is 88.9 Å². The van der Waals surface area contributed by atoms with Gasteiger partial charge in [-0.3, -0.25) is 9.30 Å². The highest BCUT2D eigenvalue weighted by molar-refractivity contribution is 5.42. The van der Waals surface area contributed by atoms with E-state index < -0.39 is 0 Å². The number of aliphatic hydroxyl groups excluding tert-OH is 1. The zero-order valence-electron chi connectivity index (χ0n) is 16.4. The summed E-state index contributed by atoms with van der Waals surface area (Å²) < 4.78 is 8.45. The zero-order chi connectivity index (χ0) is 19.8. The Labute approximate surface area is 170 Å². The fraction of sp³-hybridized carbons (Fsp3) is 0.455. The SMILES string of the molecule is N[C@H]1CC[C@@H](Oc2ccc3nnc([C@@H]4CCCN4CCO)n3c2)c2ccccc21. The van der Waals surface area contributed by atoms with E-state index in [2.05, 4.69) is 27.2 Å². The van der Waals surface area contributed by atoms with Gasteiger partial charge in [-0.2, -0.15) is 0 Å². The summed E-state index contributed by atoms with van der Waals surface area (Å²) in [7, 11) is 0. The molecule has 0 spiro atoms. The molecule has 2 aliphatic rings. The third-order valence-electron chi connectivity index (χ3n) is 6.21. The number of rotatable bonds is 5. The Balaban J connectivity index is 1.44. The van der Waals surface area contributed by atoms with Crippen molar-refractivity contribution >= 4 is 5.65 Å². The fourth-order valence-corrected chi connectivity index (χ4v) is 4.77. The first-order valence-electron chi connectivity index (χ1n) is 10.5. The highest BCUT2D eigenvalue weighted by Crippen LogP contribution is 2.38. The third-order valence-corrected chi connectivity index (χ3v) is 6.21. The average molecular weight is 393 g/mol. The molecule has 3 heterocycles. The number of benzene rings is 1. The first-order chi connectivity index (χ1) is 14.2. The number of fused-ring (bicyclic) bond motifs is 2. The summed E-state index contributed by atoms with van der Waals surface area (Å²) in [6.45, 7) is 1.80. The van der Waals surface area contributed by atoms with Crippen LogP contribution in [0.4, 0.5) is 0 Å². The van der Waals surface area contributed by atoms with Crippen LogP contribution in [0.3, 0.4) is 0 Å². The summed E-state index contributed by atoms with van der Waals surface area (Å²) in [4.78, 5) is 2.28. The molecule has 1 aromatic carbocycles. The molecular formula is C22H27N5O2. The first-order valence-corrected chi connectivity index (χ1v) is 10.5. The number of aliphatic hydroxyl groups is 1. The molecule has 3 N–H and O–H groups in total. The molecule has 1 fully saturated rings. The Morgan fingerprint density at radius 2 is 1.93 bits per heavy atom. The molecule has 0 amide bonds. The van der Waals surface area contributed by atoms with Gasteiger partial charge >= 0.3 is 0 Å². The van der Waals surface area contributed by atoms with Gasteiger partial charge in [0.05, 0.1) is 18.8 Å². The van der Waals surface area contributed by atoms with Gasteiger partial charge in [0.25, 0.3) is 0 Å². The highest BCUT2D eigenvalue weighted by atomic mass is 16.5. The van der Waals surface area contributed by atoms with Gasteiger partial charge in [0.1, 0.15) is 11.9 Å². The lowest BCUT2D eigenvalue weighted by atomic mass is 9.86. The highest BCUT2D eigenvalue weighted by Gasteiger charge is 2.30. The van der Waals surface area contributed by atoms with Gasteiger partial charge in [-0.15, -0.1) is 10.2 Å². The van der Waals surface area contributed by atoms with E-state index in [1.54, 1.807) is 0 Å². The van der Waals surface area contributed by atoms with Crippen molar-refractivity contribution in [2.75, 3.05) is 19.7 Å². The van der Waals surface area contributed by atoms with Crippen LogP contribution >= 0.6 is 0 Å². The average Bonchev–Trinajstić information content (AvgIpc) is 3.37. The second-order valence-corrected chi connectivity index (χ2v) is 7.99. The van der Waals surface area contributed by atoms with Gasteiger partial charge < -0.3 is 15.6 Å². The number of hydrogen-bond donors (Lipinski definition) is 2. The van der Waals surface area contributed by atoms with Crippen molar-refractivity contribution in [1.82, 2.24) is 19.5 Å². The summed E-state index contributed by atoms with van der Waals surface area (Å²) >= 11 is 0. The monoisotopic (exact) mass is 393 g/mol. The van der Waals surface area contributed by atoms with Crippen LogP contribution in [0.2, 0.25) is 0 Å². The van der Waals surface area contributed by atoms with Gasteiger partial charge in [0, 0.05) is 12.6 Å². The molecule has 0 radical (unpaired) electrons. The smallest absolute Gasteiger partial charge is 0.161 e. The van der Waals surface area contributed by atoms with Crippen LogP contribution in [0.5, 0.6) is 5.75 Å². The van der Waals surface area contributed by atoms with Crippen LogP contribution in [-0.2, 0) is 0 Å². The molecule has 1 aliphatic carbocycles. The van der Waals surface area contributed by atoms with Crippen molar-refractivity contribution in [3.8, 4) is 5.75 Å². The molecule has 3 atom stereocenters. The van der Waals surface area contributed by atoms with Crippen molar-refractivity contribution in [3.05, 3.63) is 59.5 Å². The minimum atomic E-state index is 0.000693. The number of likely N-dealkylation sites (tertiary alicyclic amines) is 1. The number of nitrogens with two attached hydrogens (primary N) is 1.